The van der Waals surface area contributed by atoms with Crippen LogP contribution in [0.2, 0.25) is 5.15 Å². The molecule has 0 spiro atoms. The molecule has 0 radical (unpaired) electrons. The van der Waals surface area contributed by atoms with Crippen molar-refractivity contribution in [1.82, 2.24) is 9.97 Å². The van der Waals surface area contributed by atoms with E-state index in [1.165, 1.54) is 38.5 Å². The molecule has 3 nitrogen and oxygen atoms in total. The number of anilines is 1. The summed E-state index contributed by atoms with van der Waals surface area (Å²) in [5.74, 6) is 1.59. The second-order valence-electron chi connectivity index (χ2n) is 4.73. The van der Waals surface area contributed by atoms with E-state index in [1.807, 2.05) is 13.8 Å². The number of halogens is 1. The van der Waals surface area contributed by atoms with Crippen LogP contribution in [0.4, 0.5) is 5.82 Å². The van der Waals surface area contributed by atoms with E-state index in [2.05, 4.69) is 22.2 Å². The zero-order valence-electron chi connectivity index (χ0n) is 11.7. The minimum absolute atomic E-state index is 0.549. The van der Waals surface area contributed by atoms with Crippen LogP contribution < -0.4 is 5.32 Å². The molecule has 0 aliphatic carbocycles. The molecule has 4 heteroatoms. The summed E-state index contributed by atoms with van der Waals surface area (Å²) >= 11 is 6.03. The van der Waals surface area contributed by atoms with Gasteiger partial charge in [0.05, 0.1) is 0 Å². The van der Waals surface area contributed by atoms with Crippen molar-refractivity contribution in [2.75, 3.05) is 11.9 Å². The highest BCUT2D eigenvalue weighted by atomic mass is 35.5. The molecular formula is C14H24ClN3. The van der Waals surface area contributed by atoms with Gasteiger partial charge in [-0.2, -0.15) is 0 Å². The van der Waals surface area contributed by atoms with Gasteiger partial charge in [-0.05, 0) is 20.3 Å². The van der Waals surface area contributed by atoms with Crippen molar-refractivity contribution in [2.24, 2.45) is 0 Å². The summed E-state index contributed by atoms with van der Waals surface area (Å²) in [6.07, 6.45) is 7.81. The van der Waals surface area contributed by atoms with Gasteiger partial charge in [0.25, 0.3) is 0 Å². The maximum atomic E-state index is 6.03. The maximum Gasteiger partial charge on any atom is 0.137 e. The molecule has 0 fully saturated rings. The van der Waals surface area contributed by atoms with Crippen LogP contribution in [0.1, 0.15) is 56.8 Å². The lowest BCUT2D eigenvalue weighted by atomic mass is 10.1. The highest BCUT2D eigenvalue weighted by Gasteiger charge is 2.06. The number of nitrogens with one attached hydrogen (secondary N) is 1. The van der Waals surface area contributed by atoms with Gasteiger partial charge in [0.1, 0.15) is 16.8 Å². The SMILES string of the molecule is CCCCCCCCNc1nc(C)nc(Cl)c1C. The molecule has 1 aromatic rings. The highest BCUT2D eigenvalue weighted by molar-refractivity contribution is 6.30. The number of nitrogens with zero attached hydrogens (tertiary/aromatic N) is 2. The first-order valence-corrected chi connectivity index (χ1v) is 7.27. The van der Waals surface area contributed by atoms with Gasteiger partial charge in [-0.25, -0.2) is 9.97 Å². The highest BCUT2D eigenvalue weighted by Crippen LogP contribution is 2.19. The van der Waals surface area contributed by atoms with Gasteiger partial charge in [-0.1, -0.05) is 50.6 Å². The average Bonchev–Trinajstić information content (AvgIpc) is 2.33. The normalized spacial score (nSPS) is 10.7. The van der Waals surface area contributed by atoms with Crippen molar-refractivity contribution in [1.29, 1.82) is 0 Å². The minimum Gasteiger partial charge on any atom is -0.370 e. The van der Waals surface area contributed by atoms with Gasteiger partial charge in [-0.15, -0.1) is 0 Å². The summed E-state index contributed by atoms with van der Waals surface area (Å²) in [5.41, 5.74) is 0.938. The van der Waals surface area contributed by atoms with E-state index in [4.69, 9.17) is 11.6 Å². The summed E-state index contributed by atoms with van der Waals surface area (Å²) in [4.78, 5) is 8.50. The molecule has 0 bridgehead atoms. The smallest absolute Gasteiger partial charge is 0.137 e. The van der Waals surface area contributed by atoms with Crippen molar-refractivity contribution in [2.45, 2.75) is 59.3 Å². The van der Waals surface area contributed by atoms with E-state index in [9.17, 15) is 0 Å². The molecule has 18 heavy (non-hydrogen) atoms. The Hall–Kier alpha value is -0.830. The van der Waals surface area contributed by atoms with E-state index in [0.717, 1.165) is 23.8 Å². The van der Waals surface area contributed by atoms with Crippen LogP contribution in [0.5, 0.6) is 0 Å². The molecule has 0 saturated carbocycles. The van der Waals surface area contributed by atoms with E-state index in [0.29, 0.717) is 5.15 Å². The topological polar surface area (TPSA) is 37.8 Å². The number of rotatable bonds is 8. The monoisotopic (exact) mass is 269 g/mol. The molecule has 1 aromatic heterocycles. The third kappa shape index (κ3) is 5.21. The van der Waals surface area contributed by atoms with Gasteiger partial charge in [0.15, 0.2) is 0 Å². The first-order chi connectivity index (χ1) is 8.65. The van der Waals surface area contributed by atoms with E-state index in [-0.39, 0.29) is 0 Å². The Balaban J connectivity index is 2.27. The van der Waals surface area contributed by atoms with Crippen LogP contribution in [0.15, 0.2) is 0 Å². The molecule has 1 N–H and O–H groups in total. The van der Waals surface area contributed by atoms with Crippen molar-refractivity contribution in [3.63, 3.8) is 0 Å². The summed E-state index contributed by atoms with van der Waals surface area (Å²) in [6, 6.07) is 0. The quantitative estimate of drug-likeness (QED) is 0.557. The fourth-order valence-electron chi connectivity index (χ4n) is 1.88. The van der Waals surface area contributed by atoms with Crippen LogP contribution in [0.25, 0.3) is 0 Å². The van der Waals surface area contributed by atoms with Crippen molar-refractivity contribution < 1.29 is 0 Å². The lowest BCUT2D eigenvalue weighted by molar-refractivity contribution is 0.616. The number of aryl methyl sites for hydroxylation is 1. The molecule has 0 atom stereocenters. The predicted molar refractivity (Wildman–Crippen MR) is 78.4 cm³/mol. The van der Waals surface area contributed by atoms with E-state index in [1.54, 1.807) is 0 Å². The standard InChI is InChI=1S/C14H24ClN3/c1-4-5-6-7-8-9-10-16-14-11(2)13(15)17-12(3)18-14/h4-10H2,1-3H3,(H,16,17,18). The first kappa shape index (κ1) is 15.2. The number of unbranched alkanes of at least 4 members (excludes halogenated alkanes) is 5. The fourth-order valence-corrected chi connectivity index (χ4v) is 2.09. The number of aromatic nitrogens is 2. The van der Waals surface area contributed by atoms with Crippen LogP contribution in [-0.4, -0.2) is 16.5 Å². The van der Waals surface area contributed by atoms with Crippen molar-refractivity contribution in [3.8, 4) is 0 Å². The predicted octanol–water partition coefficient (Wildman–Crippen LogP) is 4.52. The molecule has 1 rings (SSSR count). The lowest BCUT2D eigenvalue weighted by Crippen LogP contribution is -2.07. The summed E-state index contributed by atoms with van der Waals surface area (Å²) in [5, 5.41) is 3.90. The Kier molecular flexibility index (Phi) is 7.02. The molecule has 0 aliphatic rings. The minimum atomic E-state index is 0.549. The molecule has 0 aromatic carbocycles. The molecule has 1 heterocycles. The van der Waals surface area contributed by atoms with Gasteiger partial charge < -0.3 is 5.32 Å². The lowest BCUT2D eigenvalue weighted by Gasteiger charge is -2.10. The summed E-state index contributed by atoms with van der Waals surface area (Å²) in [7, 11) is 0. The Morgan fingerprint density at radius 1 is 1.00 bits per heavy atom. The van der Waals surface area contributed by atoms with Crippen LogP contribution in [0, 0.1) is 13.8 Å². The molecular weight excluding hydrogens is 246 g/mol. The van der Waals surface area contributed by atoms with Gasteiger partial charge in [-0.3, -0.25) is 0 Å². The second-order valence-corrected chi connectivity index (χ2v) is 5.09. The fraction of sp³-hybridized carbons (Fsp3) is 0.714. The zero-order chi connectivity index (χ0) is 13.4. The number of hydrogen-bond donors (Lipinski definition) is 1. The Morgan fingerprint density at radius 2 is 1.67 bits per heavy atom. The van der Waals surface area contributed by atoms with Gasteiger partial charge in [0, 0.05) is 12.1 Å². The second kappa shape index (κ2) is 8.30. The average molecular weight is 270 g/mol. The Labute approximate surface area is 115 Å². The molecule has 0 unspecified atom stereocenters. The summed E-state index contributed by atoms with van der Waals surface area (Å²) < 4.78 is 0. The van der Waals surface area contributed by atoms with E-state index < -0.39 is 0 Å². The zero-order valence-corrected chi connectivity index (χ0v) is 12.5. The first-order valence-electron chi connectivity index (χ1n) is 6.89. The number of hydrogen-bond acceptors (Lipinski definition) is 3. The summed E-state index contributed by atoms with van der Waals surface area (Å²) in [6.45, 7) is 7.01. The molecule has 0 amide bonds. The molecule has 0 saturated heterocycles. The van der Waals surface area contributed by atoms with Gasteiger partial charge in [0.2, 0.25) is 0 Å². The van der Waals surface area contributed by atoms with Crippen molar-refractivity contribution >= 4 is 17.4 Å². The molecule has 102 valence electrons. The Bertz CT molecular complexity index is 366. The largest absolute Gasteiger partial charge is 0.370 e. The van der Waals surface area contributed by atoms with Crippen LogP contribution in [-0.2, 0) is 0 Å². The van der Waals surface area contributed by atoms with Crippen LogP contribution >= 0.6 is 11.6 Å². The maximum absolute atomic E-state index is 6.03. The van der Waals surface area contributed by atoms with E-state index >= 15 is 0 Å². The van der Waals surface area contributed by atoms with Gasteiger partial charge >= 0.3 is 0 Å². The van der Waals surface area contributed by atoms with Crippen molar-refractivity contribution in [3.05, 3.63) is 16.5 Å². The third-order valence-corrected chi connectivity index (χ3v) is 3.39. The Morgan fingerprint density at radius 3 is 2.39 bits per heavy atom. The molecule has 0 aliphatic heterocycles. The third-order valence-electron chi connectivity index (χ3n) is 3.02. The van der Waals surface area contributed by atoms with Crippen LogP contribution in [0.3, 0.4) is 0 Å².